The lowest BCUT2D eigenvalue weighted by molar-refractivity contribution is 0.0521. The largest absolute Gasteiger partial charge is 0.461 e. The molecule has 0 fully saturated rings. The Morgan fingerprint density at radius 1 is 1.58 bits per heavy atom. The van der Waals surface area contributed by atoms with E-state index in [1.807, 2.05) is 6.07 Å². The summed E-state index contributed by atoms with van der Waals surface area (Å²) < 4.78 is 7.29. The van der Waals surface area contributed by atoms with Crippen molar-refractivity contribution in [3.8, 4) is 5.82 Å². The number of aromatic nitrogens is 3. The zero-order valence-corrected chi connectivity index (χ0v) is 12.1. The molecule has 7 heteroatoms. The Morgan fingerprint density at radius 3 is 2.95 bits per heavy atom. The molecule has 2 rings (SSSR count). The Balaban J connectivity index is 2.54. The van der Waals surface area contributed by atoms with Gasteiger partial charge in [-0.1, -0.05) is 0 Å². The van der Waals surface area contributed by atoms with E-state index in [0.717, 1.165) is 4.47 Å². The molecule has 0 aliphatic carbocycles. The standard InChI is InChI=1S/C12H13BrN4O2/c1-3-19-12(18)9-10(14)17(7(2)16-9)11-8(13)5-4-6-15-11/h4-6H,3,14H2,1-2H3. The summed E-state index contributed by atoms with van der Waals surface area (Å²) >= 11 is 3.40. The number of nitrogens with two attached hydrogens (primary N) is 1. The van der Waals surface area contributed by atoms with Crippen LogP contribution in [0.5, 0.6) is 0 Å². The van der Waals surface area contributed by atoms with Gasteiger partial charge in [-0.2, -0.15) is 0 Å². The fourth-order valence-corrected chi connectivity index (χ4v) is 2.14. The first kappa shape index (κ1) is 13.5. The van der Waals surface area contributed by atoms with Crippen molar-refractivity contribution in [1.82, 2.24) is 14.5 Å². The first-order chi connectivity index (χ1) is 9.06. The summed E-state index contributed by atoms with van der Waals surface area (Å²) in [7, 11) is 0. The number of aryl methyl sites for hydroxylation is 1. The Bertz CT molecular complexity index is 624. The van der Waals surface area contributed by atoms with E-state index >= 15 is 0 Å². The third-order valence-corrected chi connectivity index (χ3v) is 3.12. The van der Waals surface area contributed by atoms with Crippen molar-refractivity contribution in [3.05, 3.63) is 34.3 Å². The van der Waals surface area contributed by atoms with E-state index in [-0.39, 0.29) is 18.1 Å². The Kier molecular flexibility index (Phi) is 3.84. The van der Waals surface area contributed by atoms with Gasteiger partial charge in [-0.05, 0) is 41.9 Å². The zero-order valence-electron chi connectivity index (χ0n) is 10.6. The van der Waals surface area contributed by atoms with E-state index < -0.39 is 5.97 Å². The maximum Gasteiger partial charge on any atom is 0.360 e. The van der Waals surface area contributed by atoms with Crippen LogP contribution >= 0.6 is 15.9 Å². The number of imidazole rings is 1. The van der Waals surface area contributed by atoms with Crippen LogP contribution in [0.15, 0.2) is 22.8 Å². The number of halogens is 1. The molecule has 2 aromatic heterocycles. The topological polar surface area (TPSA) is 83.0 Å². The van der Waals surface area contributed by atoms with Crippen molar-refractivity contribution in [1.29, 1.82) is 0 Å². The Labute approximate surface area is 118 Å². The Hall–Kier alpha value is -1.89. The molecule has 0 spiro atoms. The molecule has 0 unspecified atom stereocenters. The highest BCUT2D eigenvalue weighted by Crippen LogP contribution is 2.25. The molecule has 0 saturated heterocycles. The molecule has 19 heavy (non-hydrogen) atoms. The first-order valence-electron chi connectivity index (χ1n) is 5.69. The van der Waals surface area contributed by atoms with Crippen LogP contribution in [0.4, 0.5) is 5.82 Å². The van der Waals surface area contributed by atoms with Gasteiger partial charge in [-0.3, -0.25) is 4.57 Å². The van der Waals surface area contributed by atoms with Crippen LogP contribution in [0.1, 0.15) is 23.2 Å². The fourth-order valence-electron chi connectivity index (χ4n) is 1.71. The third-order valence-electron chi connectivity index (χ3n) is 2.50. The van der Waals surface area contributed by atoms with E-state index in [4.69, 9.17) is 10.5 Å². The molecule has 0 atom stereocenters. The van der Waals surface area contributed by atoms with E-state index in [0.29, 0.717) is 11.6 Å². The summed E-state index contributed by atoms with van der Waals surface area (Å²) in [6.07, 6.45) is 1.64. The number of nitrogen functional groups attached to an aromatic ring is 1. The van der Waals surface area contributed by atoms with Gasteiger partial charge in [0.05, 0.1) is 11.1 Å². The van der Waals surface area contributed by atoms with E-state index in [1.54, 1.807) is 30.7 Å². The van der Waals surface area contributed by atoms with E-state index in [1.165, 1.54) is 0 Å². The van der Waals surface area contributed by atoms with Crippen LogP contribution in [-0.2, 0) is 4.74 Å². The van der Waals surface area contributed by atoms with Crippen molar-refractivity contribution in [3.63, 3.8) is 0 Å². The number of esters is 1. The zero-order chi connectivity index (χ0) is 14.0. The molecule has 2 aromatic rings. The highest BCUT2D eigenvalue weighted by Gasteiger charge is 2.21. The predicted molar refractivity (Wildman–Crippen MR) is 74.2 cm³/mol. The van der Waals surface area contributed by atoms with Crippen LogP contribution in [0.25, 0.3) is 5.82 Å². The lowest BCUT2D eigenvalue weighted by Gasteiger charge is -2.08. The molecule has 2 heterocycles. The summed E-state index contributed by atoms with van der Waals surface area (Å²) in [5.41, 5.74) is 6.08. The number of carbonyl (C=O) groups is 1. The maximum absolute atomic E-state index is 11.7. The van der Waals surface area contributed by atoms with Crippen LogP contribution in [-0.4, -0.2) is 27.1 Å². The average Bonchev–Trinajstić information content (AvgIpc) is 2.66. The van der Waals surface area contributed by atoms with Gasteiger partial charge in [0.25, 0.3) is 0 Å². The summed E-state index contributed by atoms with van der Waals surface area (Å²) in [4.78, 5) is 20.1. The Morgan fingerprint density at radius 2 is 2.32 bits per heavy atom. The maximum atomic E-state index is 11.7. The van der Waals surface area contributed by atoms with Crippen LogP contribution in [0.2, 0.25) is 0 Å². The van der Waals surface area contributed by atoms with Crippen molar-refractivity contribution < 1.29 is 9.53 Å². The summed E-state index contributed by atoms with van der Waals surface area (Å²) in [5, 5.41) is 0. The van der Waals surface area contributed by atoms with Gasteiger partial charge in [0.2, 0.25) is 0 Å². The van der Waals surface area contributed by atoms with Gasteiger partial charge in [0.1, 0.15) is 11.6 Å². The highest BCUT2D eigenvalue weighted by molar-refractivity contribution is 9.10. The van der Waals surface area contributed by atoms with Crippen LogP contribution in [0, 0.1) is 6.92 Å². The molecular weight excluding hydrogens is 312 g/mol. The number of ether oxygens (including phenoxy) is 1. The monoisotopic (exact) mass is 324 g/mol. The van der Waals surface area contributed by atoms with Gasteiger partial charge in [0, 0.05) is 6.20 Å². The number of rotatable bonds is 3. The average molecular weight is 325 g/mol. The third kappa shape index (κ3) is 2.46. The van der Waals surface area contributed by atoms with Gasteiger partial charge in [0.15, 0.2) is 11.5 Å². The van der Waals surface area contributed by atoms with E-state index in [9.17, 15) is 4.79 Å². The summed E-state index contributed by atoms with van der Waals surface area (Å²) in [5.74, 6) is 0.838. The SMILES string of the molecule is CCOC(=O)c1nc(C)n(-c2ncccc2Br)c1N. The first-order valence-corrected chi connectivity index (χ1v) is 6.48. The molecule has 0 bridgehead atoms. The summed E-state index contributed by atoms with van der Waals surface area (Å²) in [6.45, 7) is 3.75. The van der Waals surface area contributed by atoms with Gasteiger partial charge < -0.3 is 10.5 Å². The molecule has 6 nitrogen and oxygen atoms in total. The normalized spacial score (nSPS) is 10.5. The minimum atomic E-state index is -0.533. The summed E-state index contributed by atoms with van der Waals surface area (Å²) in [6, 6.07) is 3.63. The second-order valence-corrected chi connectivity index (χ2v) is 4.61. The van der Waals surface area contributed by atoms with Gasteiger partial charge >= 0.3 is 5.97 Å². The highest BCUT2D eigenvalue weighted by atomic mass is 79.9. The number of carbonyl (C=O) groups excluding carboxylic acids is 1. The molecule has 0 aromatic carbocycles. The molecule has 2 N–H and O–H groups in total. The molecule has 0 aliphatic rings. The lowest BCUT2D eigenvalue weighted by atomic mass is 10.4. The smallest absolute Gasteiger partial charge is 0.360 e. The number of anilines is 1. The fraction of sp³-hybridized carbons (Fsp3) is 0.250. The van der Waals surface area contributed by atoms with Crippen molar-refractivity contribution in [2.75, 3.05) is 12.3 Å². The minimum absolute atomic E-state index is 0.108. The number of hydrogen-bond acceptors (Lipinski definition) is 5. The molecular formula is C12H13BrN4O2. The molecule has 0 saturated carbocycles. The molecule has 100 valence electrons. The molecule has 0 amide bonds. The van der Waals surface area contributed by atoms with E-state index in [2.05, 4.69) is 25.9 Å². The van der Waals surface area contributed by atoms with Crippen molar-refractivity contribution in [2.24, 2.45) is 0 Å². The molecule has 0 radical (unpaired) electrons. The van der Waals surface area contributed by atoms with Crippen molar-refractivity contribution in [2.45, 2.75) is 13.8 Å². The second-order valence-electron chi connectivity index (χ2n) is 3.76. The minimum Gasteiger partial charge on any atom is -0.461 e. The van der Waals surface area contributed by atoms with Crippen LogP contribution < -0.4 is 5.73 Å². The van der Waals surface area contributed by atoms with Crippen molar-refractivity contribution >= 4 is 27.7 Å². The van der Waals surface area contributed by atoms with Gasteiger partial charge in [-0.25, -0.2) is 14.8 Å². The molecule has 0 aliphatic heterocycles. The predicted octanol–water partition coefficient (Wildman–Crippen LogP) is 2.10. The number of hydrogen-bond donors (Lipinski definition) is 1. The number of nitrogens with zero attached hydrogens (tertiary/aromatic N) is 3. The second kappa shape index (κ2) is 5.40. The van der Waals surface area contributed by atoms with Crippen LogP contribution in [0.3, 0.4) is 0 Å². The van der Waals surface area contributed by atoms with Gasteiger partial charge in [-0.15, -0.1) is 0 Å². The number of pyridine rings is 1. The lowest BCUT2D eigenvalue weighted by Crippen LogP contribution is -2.10. The quantitative estimate of drug-likeness (QED) is 0.874.